The summed E-state index contributed by atoms with van der Waals surface area (Å²) < 4.78 is 5.01. The lowest BCUT2D eigenvalue weighted by molar-refractivity contribution is 0.210. The first kappa shape index (κ1) is 13.6. The second-order valence-corrected chi connectivity index (χ2v) is 4.86. The van der Waals surface area contributed by atoms with E-state index in [4.69, 9.17) is 4.74 Å². The number of ether oxygens (including phenoxy) is 1. The molecule has 0 aliphatic heterocycles. The van der Waals surface area contributed by atoms with Crippen LogP contribution in [0.2, 0.25) is 0 Å². The smallest absolute Gasteiger partial charge is 0.148 e. The molecule has 1 aromatic carbocycles. The van der Waals surface area contributed by atoms with Crippen molar-refractivity contribution in [2.75, 3.05) is 25.6 Å². The van der Waals surface area contributed by atoms with Crippen LogP contribution in [0, 0.1) is 20.8 Å². The van der Waals surface area contributed by atoms with Gasteiger partial charge in [-0.25, -0.2) is 0 Å². The van der Waals surface area contributed by atoms with Crippen LogP contribution in [0.3, 0.4) is 0 Å². The lowest BCUT2D eigenvalue weighted by atomic mass is 9.97. The minimum Gasteiger partial charge on any atom is -0.383 e. The average molecular weight is 259 g/mol. The molecule has 0 fully saturated rings. The van der Waals surface area contributed by atoms with E-state index in [1.54, 1.807) is 7.11 Å². The van der Waals surface area contributed by atoms with Crippen molar-refractivity contribution in [1.82, 2.24) is 10.2 Å². The highest BCUT2D eigenvalue weighted by Gasteiger charge is 2.09. The Labute approximate surface area is 114 Å². The summed E-state index contributed by atoms with van der Waals surface area (Å²) in [5, 5.41) is 10.6. The fraction of sp³-hybridized carbons (Fsp3) is 0.400. The molecule has 0 amide bonds. The number of benzene rings is 1. The van der Waals surface area contributed by atoms with Crippen molar-refractivity contribution in [2.24, 2.45) is 0 Å². The molecule has 4 nitrogen and oxygen atoms in total. The van der Waals surface area contributed by atoms with Crippen molar-refractivity contribution in [3.8, 4) is 11.3 Å². The molecule has 2 N–H and O–H groups in total. The molecular weight excluding hydrogens is 238 g/mol. The van der Waals surface area contributed by atoms with Gasteiger partial charge in [-0.15, -0.1) is 0 Å². The predicted octanol–water partition coefficient (Wildman–Crippen LogP) is 3.06. The third-order valence-corrected chi connectivity index (χ3v) is 3.14. The number of hydrogen-bond acceptors (Lipinski definition) is 3. The molecule has 0 saturated carbocycles. The van der Waals surface area contributed by atoms with Gasteiger partial charge in [0.05, 0.1) is 12.3 Å². The molecule has 2 rings (SSSR count). The van der Waals surface area contributed by atoms with E-state index in [0.717, 1.165) is 18.1 Å². The largest absolute Gasteiger partial charge is 0.383 e. The number of anilines is 1. The molecule has 0 unspecified atom stereocenters. The SMILES string of the molecule is COCCNc1cc(-c2c(C)cc(C)cc2C)[nH]n1. The van der Waals surface area contributed by atoms with Crippen LogP contribution < -0.4 is 5.32 Å². The number of methoxy groups -OCH3 is 1. The van der Waals surface area contributed by atoms with Crippen LogP contribution in [0.4, 0.5) is 5.82 Å². The second kappa shape index (κ2) is 5.89. The Bertz CT molecular complexity index is 537. The summed E-state index contributed by atoms with van der Waals surface area (Å²) in [4.78, 5) is 0. The monoisotopic (exact) mass is 259 g/mol. The van der Waals surface area contributed by atoms with Gasteiger partial charge in [-0.1, -0.05) is 17.7 Å². The number of rotatable bonds is 5. The molecule has 0 aliphatic rings. The van der Waals surface area contributed by atoms with Crippen molar-refractivity contribution in [1.29, 1.82) is 0 Å². The quantitative estimate of drug-likeness (QED) is 0.811. The Kier molecular flexibility index (Phi) is 4.22. The van der Waals surface area contributed by atoms with E-state index < -0.39 is 0 Å². The van der Waals surface area contributed by atoms with Crippen LogP contribution in [0.25, 0.3) is 11.3 Å². The van der Waals surface area contributed by atoms with Gasteiger partial charge in [-0.3, -0.25) is 5.10 Å². The highest BCUT2D eigenvalue weighted by molar-refractivity contribution is 5.70. The number of H-pyrrole nitrogens is 1. The summed E-state index contributed by atoms with van der Waals surface area (Å²) in [7, 11) is 1.69. The third kappa shape index (κ3) is 3.15. The molecule has 1 heterocycles. The number of nitrogens with one attached hydrogen (secondary N) is 2. The van der Waals surface area contributed by atoms with Gasteiger partial charge >= 0.3 is 0 Å². The topological polar surface area (TPSA) is 49.9 Å². The molecule has 4 heteroatoms. The minimum atomic E-state index is 0.671. The molecule has 102 valence electrons. The third-order valence-electron chi connectivity index (χ3n) is 3.14. The van der Waals surface area contributed by atoms with Crippen LogP contribution >= 0.6 is 0 Å². The van der Waals surface area contributed by atoms with Crippen LogP contribution in [0.1, 0.15) is 16.7 Å². The van der Waals surface area contributed by atoms with Crippen molar-refractivity contribution in [3.63, 3.8) is 0 Å². The zero-order valence-electron chi connectivity index (χ0n) is 12.0. The average Bonchev–Trinajstić information content (AvgIpc) is 2.76. The van der Waals surface area contributed by atoms with Gasteiger partial charge in [-0.2, -0.15) is 5.10 Å². The van der Waals surface area contributed by atoms with E-state index in [1.165, 1.54) is 22.3 Å². The number of aryl methyl sites for hydroxylation is 3. The van der Waals surface area contributed by atoms with Crippen molar-refractivity contribution < 1.29 is 4.74 Å². The first-order valence-electron chi connectivity index (χ1n) is 6.48. The minimum absolute atomic E-state index is 0.671. The van der Waals surface area contributed by atoms with E-state index in [1.807, 2.05) is 6.07 Å². The maximum atomic E-state index is 5.01. The lowest BCUT2D eigenvalue weighted by Gasteiger charge is -2.09. The standard InChI is InChI=1S/C15H21N3O/c1-10-7-11(2)15(12(3)8-10)13-9-14(18-17-13)16-5-6-19-4/h7-9H,5-6H2,1-4H3,(H2,16,17,18). The summed E-state index contributed by atoms with van der Waals surface area (Å²) in [6, 6.07) is 6.43. The van der Waals surface area contributed by atoms with Gasteiger partial charge < -0.3 is 10.1 Å². The number of hydrogen-bond donors (Lipinski definition) is 2. The molecule has 0 bridgehead atoms. The fourth-order valence-electron chi connectivity index (χ4n) is 2.43. The van der Waals surface area contributed by atoms with Crippen LogP contribution in [-0.4, -0.2) is 30.5 Å². The molecule has 0 saturated heterocycles. The van der Waals surface area contributed by atoms with Gasteiger partial charge in [-0.05, 0) is 31.9 Å². The number of aromatic amines is 1. The first-order chi connectivity index (χ1) is 9.11. The second-order valence-electron chi connectivity index (χ2n) is 4.86. The maximum Gasteiger partial charge on any atom is 0.148 e. The van der Waals surface area contributed by atoms with Crippen molar-refractivity contribution in [2.45, 2.75) is 20.8 Å². The zero-order valence-corrected chi connectivity index (χ0v) is 12.0. The van der Waals surface area contributed by atoms with E-state index in [-0.39, 0.29) is 0 Å². The van der Waals surface area contributed by atoms with Crippen molar-refractivity contribution in [3.05, 3.63) is 34.9 Å². The summed E-state index contributed by atoms with van der Waals surface area (Å²) in [6.45, 7) is 7.81. The first-order valence-corrected chi connectivity index (χ1v) is 6.48. The van der Waals surface area contributed by atoms with Crippen molar-refractivity contribution >= 4 is 5.82 Å². The predicted molar refractivity (Wildman–Crippen MR) is 78.6 cm³/mol. The number of nitrogens with zero attached hydrogens (tertiary/aromatic N) is 1. The van der Waals surface area contributed by atoms with Gasteiger partial charge in [0.1, 0.15) is 5.82 Å². The Morgan fingerprint density at radius 2 is 1.84 bits per heavy atom. The summed E-state index contributed by atoms with van der Waals surface area (Å²) >= 11 is 0. The Hall–Kier alpha value is -1.81. The summed E-state index contributed by atoms with van der Waals surface area (Å²) in [6.07, 6.45) is 0. The Balaban J connectivity index is 2.23. The summed E-state index contributed by atoms with van der Waals surface area (Å²) in [5.74, 6) is 0.853. The van der Waals surface area contributed by atoms with E-state index in [9.17, 15) is 0 Å². The van der Waals surface area contributed by atoms with E-state index in [2.05, 4.69) is 48.4 Å². The fourth-order valence-corrected chi connectivity index (χ4v) is 2.43. The van der Waals surface area contributed by atoms with Crippen LogP contribution in [0.5, 0.6) is 0 Å². The summed E-state index contributed by atoms with van der Waals surface area (Å²) in [5.41, 5.74) is 6.11. The van der Waals surface area contributed by atoms with E-state index in [0.29, 0.717) is 6.61 Å². The number of aromatic nitrogens is 2. The molecule has 2 aromatic rings. The maximum absolute atomic E-state index is 5.01. The Morgan fingerprint density at radius 3 is 2.47 bits per heavy atom. The van der Waals surface area contributed by atoms with Gasteiger partial charge in [0.15, 0.2) is 0 Å². The molecule has 0 spiro atoms. The van der Waals surface area contributed by atoms with Crippen LogP contribution in [-0.2, 0) is 4.74 Å². The van der Waals surface area contributed by atoms with Gasteiger partial charge in [0.2, 0.25) is 0 Å². The molecule has 0 aliphatic carbocycles. The normalized spacial score (nSPS) is 10.7. The Morgan fingerprint density at radius 1 is 1.16 bits per heavy atom. The van der Waals surface area contributed by atoms with Gasteiger partial charge in [0.25, 0.3) is 0 Å². The highest BCUT2D eigenvalue weighted by Crippen LogP contribution is 2.28. The molecule has 1 aromatic heterocycles. The molecule has 0 radical (unpaired) electrons. The molecule has 19 heavy (non-hydrogen) atoms. The van der Waals surface area contributed by atoms with E-state index >= 15 is 0 Å². The lowest BCUT2D eigenvalue weighted by Crippen LogP contribution is -2.07. The molecule has 0 atom stereocenters. The highest BCUT2D eigenvalue weighted by atomic mass is 16.5. The van der Waals surface area contributed by atoms with Crippen LogP contribution in [0.15, 0.2) is 18.2 Å². The zero-order chi connectivity index (χ0) is 13.8. The molecular formula is C15H21N3O. The van der Waals surface area contributed by atoms with Gasteiger partial charge in [0, 0.05) is 25.3 Å².